The fourth-order valence-corrected chi connectivity index (χ4v) is 8.09. The molecular weight excluding hydrogens is 805 g/mol. The lowest BCUT2D eigenvalue weighted by Crippen LogP contribution is -2.63. The summed E-state index contributed by atoms with van der Waals surface area (Å²) in [7, 11) is 0. The molecule has 18 heteroatoms. The molecule has 334 valence electrons. The molecule has 3 rings (SSSR count). The summed E-state index contributed by atoms with van der Waals surface area (Å²) in [4.78, 5) is 107. The van der Waals surface area contributed by atoms with Gasteiger partial charge in [-0.3, -0.25) is 38.4 Å². The largest absolute Gasteiger partial charge is 0.381 e. The number of nitrogens with zero attached hydrogens (tertiary/aromatic N) is 1. The second-order valence-corrected chi connectivity index (χ2v) is 18.6. The van der Waals surface area contributed by atoms with Crippen LogP contribution < -0.4 is 38.1 Å². The van der Waals surface area contributed by atoms with Crippen LogP contribution >= 0.6 is 11.8 Å². The maximum absolute atomic E-state index is 14.5. The first-order chi connectivity index (χ1) is 28.5. The molecule has 0 aromatic heterocycles. The second kappa shape index (κ2) is 21.9. The Morgan fingerprint density at radius 2 is 1.44 bits per heavy atom. The van der Waals surface area contributed by atoms with Gasteiger partial charge in [0.2, 0.25) is 41.4 Å². The van der Waals surface area contributed by atoms with Gasteiger partial charge in [0.15, 0.2) is 6.10 Å². The quantitative estimate of drug-likeness (QED) is 0.0933. The van der Waals surface area contributed by atoms with Gasteiger partial charge in [-0.1, -0.05) is 102 Å². The lowest BCUT2D eigenvalue weighted by Gasteiger charge is -2.36. The number of nitrogens with two attached hydrogens (primary N) is 2. The second-order valence-electron chi connectivity index (χ2n) is 17.0. The molecule has 2 aromatic carbocycles. The van der Waals surface area contributed by atoms with Crippen LogP contribution in [0.5, 0.6) is 0 Å². The molecule has 0 unspecified atom stereocenters. The van der Waals surface area contributed by atoms with Crippen LogP contribution in [-0.2, 0) is 44.8 Å². The van der Waals surface area contributed by atoms with E-state index in [4.69, 9.17) is 11.5 Å². The summed E-state index contributed by atoms with van der Waals surface area (Å²) < 4.78 is -0.920. The Balaban J connectivity index is 1.94. The summed E-state index contributed by atoms with van der Waals surface area (Å²) in [5.41, 5.74) is 11.0. The van der Waals surface area contributed by atoms with E-state index in [0.717, 1.165) is 0 Å². The van der Waals surface area contributed by atoms with E-state index in [0.29, 0.717) is 17.5 Å². The topological polar surface area (TPSA) is 272 Å². The van der Waals surface area contributed by atoms with Crippen LogP contribution in [0.4, 0.5) is 0 Å². The lowest BCUT2D eigenvalue weighted by molar-refractivity contribution is -0.148. The van der Waals surface area contributed by atoms with E-state index < -0.39 is 106 Å². The summed E-state index contributed by atoms with van der Waals surface area (Å²) in [5.74, 6) is -6.17. The van der Waals surface area contributed by atoms with Crippen LogP contribution in [0.1, 0.15) is 91.8 Å². The number of primary amides is 2. The number of nitrogens with one attached hydrogen (secondary N) is 5. The predicted molar refractivity (Wildman–Crippen MR) is 231 cm³/mol. The minimum absolute atomic E-state index is 0.0168. The molecule has 17 nitrogen and oxygen atoms in total. The zero-order valence-electron chi connectivity index (χ0n) is 36.2. The maximum atomic E-state index is 14.5. The third-order valence-electron chi connectivity index (χ3n) is 10.6. The highest BCUT2D eigenvalue weighted by Crippen LogP contribution is 2.40. The van der Waals surface area contributed by atoms with E-state index in [-0.39, 0.29) is 25.1 Å². The molecule has 1 aliphatic heterocycles. The van der Waals surface area contributed by atoms with Gasteiger partial charge in [0.05, 0.1) is 11.9 Å². The fourth-order valence-electron chi connectivity index (χ4n) is 6.95. The highest BCUT2D eigenvalue weighted by atomic mass is 32.2. The summed E-state index contributed by atoms with van der Waals surface area (Å²) in [6.45, 7) is 13.5. The number of rotatable bonds is 20. The number of thioether (sulfide) groups is 1. The third kappa shape index (κ3) is 14.0. The first-order valence-electron chi connectivity index (χ1n) is 20.3. The van der Waals surface area contributed by atoms with Crippen molar-refractivity contribution in [2.75, 3.05) is 5.88 Å². The zero-order chi connectivity index (χ0) is 45.8. The van der Waals surface area contributed by atoms with E-state index in [1.807, 2.05) is 0 Å². The van der Waals surface area contributed by atoms with Gasteiger partial charge in [0.25, 0.3) is 5.91 Å². The first kappa shape index (κ1) is 49.9. The molecule has 1 heterocycles. The number of benzene rings is 2. The number of hydrogen-bond donors (Lipinski definition) is 8. The predicted octanol–water partition coefficient (Wildman–Crippen LogP) is 0.930. The summed E-state index contributed by atoms with van der Waals surface area (Å²) in [6, 6.07) is 10.1. The normalized spacial score (nSPS) is 18.2. The Labute approximate surface area is 361 Å². The zero-order valence-corrected chi connectivity index (χ0v) is 37.0. The van der Waals surface area contributed by atoms with Gasteiger partial charge >= 0.3 is 0 Å². The fraction of sp³-hybridized carbons (Fsp3) is 0.535. The third-order valence-corrected chi connectivity index (χ3v) is 12.0. The number of hydrogen-bond acceptors (Lipinski definition) is 10. The minimum atomic E-state index is -1.89. The van der Waals surface area contributed by atoms with E-state index in [9.17, 15) is 43.5 Å². The Bertz CT molecular complexity index is 1890. The summed E-state index contributed by atoms with van der Waals surface area (Å²) in [5, 5.41) is 25.4. The van der Waals surface area contributed by atoms with Crippen molar-refractivity contribution in [1.82, 2.24) is 31.5 Å². The van der Waals surface area contributed by atoms with E-state index in [2.05, 4.69) is 26.6 Å². The SMILES string of the molecule is CC[C@H](C)[C@H](NC(=O)[C@@H]1N(C(=O)[C@@H](O)[C@H](Cc2ccccc2)NC(=O)[C@@H](NC(=O)[C@@H](NC(C)=O)c2ccccc2)C(C)(C)C)CSC1(C)C)C(=O)N[C@@H](CCC(N)=O)C(N)=O. The smallest absolute Gasteiger partial charge is 0.254 e. The molecule has 10 N–H and O–H groups in total. The van der Waals surface area contributed by atoms with Crippen molar-refractivity contribution in [2.45, 2.75) is 128 Å². The van der Waals surface area contributed by atoms with Crippen LogP contribution in [0.3, 0.4) is 0 Å². The molecule has 0 bridgehead atoms. The van der Waals surface area contributed by atoms with Crippen LogP contribution in [0.15, 0.2) is 60.7 Å². The molecule has 1 saturated heterocycles. The number of amides is 8. The molecule has 8 amide bonds. The van der Waals surface area contributed by atoms with Crippen molar-refractivity contribution in [1.29, 1.82) is 0 Å². The van der Waals surface area contributed by atoms with Gasteiger partial charge in [-0.25, -0.2) is 0 Å². The van der Waals surface area contributed by atoms with Crippen LogP contribution in [-0.4, -0.2) is 104 Å². The first-order valence-corrected chi connectivity index (χ1v) is 21.2. The number of carbonyl (C=O) groups excluding carboxylic acids is 8. The van der Waals surface area contributed by atoms with Crippen molar-refractivity contribution < 1.29 is 43.5 Å². The average Bonchev–Trinajstić information content (AvgIpc) is 3.52. The summed E-state index contributed by atoms with van der Waals surface area (Å²) >= 11 is 1.28. The molecule has 1 fully saturated rings. The number of carbonyl (C=O) groups is 8. The lowest BCUT2D eigenvalue weighted by atomic mass is 9.85. The molecule has 2 aromatic rings. The molecule has 0 spiro atoms. The van der Waals surface area contributed by atoms with Gasteiger partial charge in [0.1, 0.15) is 30.2 Å². The van der Waals surface area contributed by atoms with E-state index in [1.165, 1.54) is 23.6 Å². The van der Waals surface area contributed by atoms with Gasteiger partial charge in [-0.2, -0.15) is 0 Å². The van der Waals surface area contributed by atoms with Gasteiger partial charge in [-0.05, 0) is 49.1 Å². The van der Waals surface area contributed by atoms with Crippen molar-refractivity contribution >= 4 is 59.0 Å². The minimum Gasteiger partial charge on any atom is -0.381 e. The van der Waals surface area contributed by atoms with E-state index >= 15 is 0 Å². The monoisotopic (exact) mass is 866 g/mol. The molecular formula is C43H62N8O9S. The Kier molecular flexibility index (Phi) is 17.9. The van der Waals surface area contributed by atoms with Gasteiger partial charge in [-0.15, -0.1) is 11.8 Å². The van der Waals surface area contributed by atoms with Gasteiger partial charge in [0, 0.05) is 18.1 Å². The molecule has 61 heavy (non-hydrogen) atoms. The molecule has 0 radical (unpaired) electrons. The van der Waals surface area contributed by atoms with Crippen molar-refractivity contribution in [3.05, 3.63) is 71.8 Å². The highest BCUT2D eigenvalue weighted by Gasteiger charge is 2.51. The molecule has 1 aliphatic rings. The average molecular weight is 867 g/mol. The van der Waals surface area contributed by atoms with E-state index in [1.54, 1.807) is 109 Å². The van der Waals surface area contributed by atoms with Crippen LogP contribution in [0, 0.1) is 11.3 Å². The number of aliphatic hydroxyl groups excluding tert-OH is 1. The van der Waals surface area contributed by atoms with Crippen LogP contribution in [0.25, 0.3) is 0 Å². The summed E-state index contributed by atoms with van der Waals surface area (Å²) in [6.07, 6.45) is -1.83. The Morgan fingerprint density at radius 1 is 0.852 bits per heavy atom. The Morgan fingerprint density at radius 3 is 1.97 bits per heavy atom. The molecule has 8 atom stereocenters. The van der Waals surface area contributed by atoms with Crippen molar-refractivity contribution in [3.63, 3.8) is 0 Å². The standard InChI is InChI=1S/C43H62N8O9S/c1-9-24(2)31(37(56)47-28(36(45)55)20-21-30(44)53)49-40(59)35-43(7,8)61-23-51(35)41(60)33(54)29(22-26-16-12-10-13-17-26)48-39(58)34(42(4,5)6)50-38(57)32(46-25(3)52)27-18-14-11-15-19-27/h10-19,24,28-29,31-35,54H,9,20-23H2,1-8H3,(H2,44,53)(H2,45,55)(H,46,52)(H,47,56)(H,48,58)(H,49,59)(H,50,57)/t24-,28-,29-,31-,32-,33-,34+,35-/m0/s1. The Hall–Kier alpha value is -5.49. The molecule has 0 saturated carbocycles. The molecule has 0 aliphatic carbocycles. The van der Waals surface area contributed by atoms with Gasteiger partial charge < -0.3 is 48.1 Å². The maximum Gasteiger partial charge on any atom is 0.254 e. The van der Waals surface area contributed by atoms with Crippen LogP contribution in [0.2, 0.25) is 0 Å². The number of aliphatic hydroxyl groups is 1. The van der Waals surface area contributed by atoms with Crippen molar-refractivity contribution in [3.8, 4) is 0 Å². The van der Waals surface area contributed by atoms with Crippen molar-refractivity contribution in [2.24, 2.45) is 22.8 Å². The highest BCUT2D eigenvalue weighted by molar-refractivity contribution is 8.00.